The summed E-state index contributed by atoms with van der Waals surface area (Å²) in [7, 11) is 0. The largest absolute Gasteiger partial charge is 0.486 e. The van der Waals surface area contributed by atoms with E-state index >= 15 is 0 Å². The van der Waals surface area contributed by atoms with Gasteiger partial charge in [0.1, 0.15) is 19.3 Å². The Morgan fingerprint density at radius 1 is 1.17 bits per heavy atom. The maximum Gasteiger partial charge on any atom is 0.408 e. The normalized spacial score (nSPS) is 22.9. The number of likely N-dealkylation sites (tertiary alicyclic amines) is 1. The lowest BCUT2D eigenvalue weighted by Crippen LogP contribution is -2.54. The summed E-state index contributed by atoms with van der Waals surface area (Å²) in [4.78, 5) is 23.4. The molecule has 0 radical (unpaired) electrons. The SMILES string of the molecule is O=C(O)[C@@H]1CC[C@@H](NCc2ccc3c(c2)OCCO3)CN1C(=O)O. The van der Waals surface area contributed by atoms with Crippen molar-refractivity contribution in [1.29, 1.82) is 0 Å². The molecule has 1 fully saturated rings. The number of amides is 1. The summed E-state index contributed by atoms with van der Waals surface area (Å²) in [6.07, 6.45) is -0.278. The number of piperidine rings is 1. The number of benzene rings is 1. The Balaban J connectivity index is 1.59. The minimum atomic E-state index is -1.20. The van der Waals surface area contributed by atoms with Crippen molar-refractivity contribution in [3.8, 4) is 11.5 Å². The zero-order chi connectivity index (χ0) is 17.1. The van der Waals surface area contributed by atoms with Gasteiger partial charge < -0.3 is 25.0 Å². The molecule has 130 valence electrons. The summed E-state index contributed by atoms with van der Waals surface area (Å²) >= 11 is 0. The van der Waals surface area contributed by atoms with Crippen LogP contribution in [0, 0.1) is 0 Å². The second-order valence-electron chi connectivity index (χ2n) is 5.92. The van der Waals surface area contributed by atoms with Crippen molar-refractivity contribution < 1.29 is 29.3 Å². The van der Waals surface area contributed by atoms with Crippen LogP contribution in [0.3, 0.4) is 0 Å². The van der Waals surface area contributed by atoms with Crippen molar-refractivity contribution in [2.45, 2.75) is 31.5 Å². The fraction of sp³-hybridized carbons (Fsp3) is 0.500. The Hall–Kier alpha value is -2.48. The van der Waals surface area contributed by atoms with Crippen LogP contribution in [0.15, 0.2) is 18.2 Å². The number of carbonyl (C=O) groups is 2. The topological polar surface area (TPSA) is 108 Å². The zero-order valence-electron chi connectivity index (χ0n) is 13.1. The van der Waals surface area contributed by atoms with Crippen molar-refractivity contribution >= 4 is 12.1 Å². The average Bonchev–Trinajstić information content (AvgIpc) is 2.59. The van der Waals surface area contributed by atoms with E-state index in [0.717, 1.165) is 16.2 Å². The van der Waals surface area contributed by atoms with Gasteiger partial charge in [0.25, 0.3) is 0 Å². The van der Waals surface area contributed by atoms with E-state index in [1.165, 1.54) is 0 Å². The Morgan fingerprint density at radius 2 is 1.92 bits per heavy atom. The minimum Gasteiger partial charge on any atom is -0.486 e. The number of hydrogen-bond donors (Lipinski definition) is 3. The molecule has 3 N–H and O–H groups in total. The molecule has 2 aliphatic rings. The van der Waals surface area contributed by atoms with Gasteiger partial charge in [-0.3, -0.25) is 4.90 Å². The standard InChI is InChI=1S/C16H20N2O6/c19-15(20)12-3-2-11(9-18(12)16(21)22)17-8-10-1-4-13-14(7-10)24-6-5-23-13/h1,4,7,11-12,17H,2-3,5-6,8-9H2,(H,19,20)(H,21,22)/t11-,12+/m1/s1. The number of nitrogens with one attached hydrogen (secondary N) is 1. The van der Waals surface area contributed by atoms with Crippen molar-refractivity contribution in [2.24, 2.45) is 0 Å². The van der Waals surface area contributed by atoms with Crippen LogP contribution >= 0.6 is 0 Å². The van der Waals surface area contributed by atoms with Crippen molar-refractivity contribution in [2.75, 3.05) is 19.8 Å². The summed E-state index contributed by atoms with van der Waals surface area (Å²) in [5, 5.41) is 21.6. The van der Waals surface area contributed by atoms with Gasteiger partial charge >= 0.3 is 12.1 Å². The first-order valence-electron chi connectivity index (χ1n) is 7.89. The van der Waals surface area contributed by atoms with E-state index in [1.54, 1.807) is 0 Å². The molecule has 0 spiro atoms. The van der Waals surface area contributed by atoms with Gasteiger partial charge in [0.2, 0.25) is 0 Å². The van der Waals surface area contributed by atoms with E-state index in [1.807, 2.05) is 18.2 Å². The molecule has 8 heteroatoms. The van der Waals surface area contributed by atoms with E-state index in [0.29, 0.717) is 38.3 Å². The fourth-order valence-electron chi connectivity index (χ4n) is 3.07. The van der Waals surface area contributed by atoms with Crippen molar-refractivity contribution in [1.82, 2.24) is 10.2 Å². The molecule has 0 bridgehead atoms. The number of carboxylic acids is 1. The summed E-state index contributed by atoms with van der Waals surface area (Å²) < 4.78 is 11.0. The Morgan fingerprint density at radius 3 is 2.62 bits per heavy atom. The van der Waals surface area contributed by atoms with Gasteiger partial charge in [-0.1, -0.05) is 6.07 Å². The lowest BCUT2D eigenvalue weighted by Gasteiger charge is -2.36. The summed E-state index contributed by atoms with van der Waals surface area (Å²) in [6.45, 7) is 1.78. The highest BCUT2D eigenvalue weighted by Gasteiger charge is 2.35. The first kappa shape index (κ1) is 16.4. The van der Waals surface area contributed by atoms with E-state index in [2.05, 4.69) is 5.32 Å². The molecule has 1 aromatic rings. The molecule has 0 aromatic heterocycles. The lowest BCUT2D eigenvalue weighted by molar-refractivity contribution is -0.144. The molecule has 0 unspecified atom stereocenters. The van der Waals surface area contributed by atoms with Crippen LogP contribution in [0.25, 0.3) is 0 Å². The Labute approximate surface area is 139 Å². The number of rotatable bonds is 4. The van der Waals surface area contributed by atoms with E-state index in [4.69, 9.17) is 14.6 Å². The minimum absolute atomic E-state index is 0.0788. The van der Waals surface area contributed by atoms with Gasteiger partial charge in [0, 0.05) is 19.1 Å². The number of nitrogens with zero attached hydrogens (tertiary/aromatic N) is 1. The highest BCUT2D eigenvalue weighted by atomic mass is 16.6. The lowest BCUT2D eigenvalue weighted by atomic mass is 9.98. The van der Waals surface area contributed by atoms with Gasteiger partial charge in [-0.05, 0) is 30.5 Å². The summed E-state index contributed by atoms with van der Waals surface area (Å²) in [5.74, 6) is 0.342. The first-order chi connectivity index (χ1) is 11.5. The molecular weight excluding hydrogens is 316 g/mol. The highest BCUT2D eigenvalue weighted by molar-refractivity contribution is 5.79. The molecule has 1 aromatic carbocycles. The zero-order valence-corrected chi connectivity index (χ0v) is 13.1. The van der Waals surface area contributed by atoms with Crippen LogP contribution in [0.4, 0.5) is 4.79 Å². The van der Waals surface area contributed by atoms with Crippen LogP contribution in [0.5, 0.6) is 11.5 Å². The molecule has 2 heterocycles. The molecule has 2 atom stereocenters. The second kappa shape index (κ2) is 6.96. The van der Waals surface area contributed by atoms with E-state index in [9.17, 15) is 14.7 Å². The van der Waals surface area contributed by atoms with Crippen LogP contribution in [-0.2, 0) is 11.3 Å². The molecule has 0 aliphatic carbocycles. The smallest absolute Gasteiger partial charge is 0.408 e. The number of hydrogen-bond acceptors (Lipinski definition) is 5. The predicted molar refractivity (Wildman–Crippen MR) is 83.4 cm³/mol. The molecule has 2 aliphatic heterocycles. The van der Waals surface area contributed by atoms with Crippen molar-refractivity contribution in [3.05, 3.63) is 23.8 Å². The predicted octanol–water partition coefficient (Wildman–Crippen LogP) is 1.14. The molecule has 24 heavy (non-hydrogen) atoms. The maximum atomic E-state index is 11.3. The molecule has 8 nitrogen and oxygen atoms in total. The number of ether oxygens (including phenoxy) is 2. The Bertz CT molecular complexity index is 635. The van der Waals surface area contributed by atoms with E-state index < -0.39 is 18.1 Å². The third kappa shape index (κ3) is 3.53. The van der Waals surface area contributed by atoms with Crippen LogP contribution in [0.2, 0.25) is 0 Å². The summed E-state index contributed by atoms with van der Waals surface area (Å²) in [6, 6.07) is 4.65. The monoisotopic (exact) mass is 336 g/mol. The first-order valence-corrected chi connectivity index (χ1v) is 7.89. The third-order valence-electron chi connectivity index (χ3n) is 4.31. The average molecular weight is 336 g/mol. The van der Waals surface area contributed by atoms with E-state index in [-0.39, 0.29) is 12.6 Å². The van der Waals surface area contributed by atoms with Gasteiger partial charge in [0.05, 0.1) is 0 Å². The van der Waals surface area contributed by atoms with Crippen molar-refractivity contribution in [3.63, 3.8) is 0 Å². The number of carboxylic acid groups (broad SMARTS) is 2. The number of fused-ring (bicyclic) bond motifs is 1. The summed E-state index contributed by atoms with van der Waals surface area (Å²) in [5.41, 5.74) is 1.00. The van der Waals surface area contributed by atoms with Gasteiger partial charge in [0.15, 0.2) is 11.5 Å². The van der Waals surface area contributed by atoms with Crippen LogP contribution in [-0.4, -0.2) is 59.0 Å². The highest BCUT2D eigenvalue weighted by Crippen LogP contribution is 2.30. The molecule has 3 rings (SSSR count). The van der Waals surface area contributed by atoms with Crippen LogP contribution < -0.4 is 14.8 Å². The molecule has 1 saturated heterocycles. The molecule has 1 amide bonds. The number of aliphatic carboxylic acids is 1. The molecule has 0 saturated carbocycles. The van der Waals surface area contributed by atoms with Crippen LogP contribution in [0.1, 0.15) is 18.4 Å². The van der Waals surface area contributed by atoms with Gasteiger partial charge in [-0.2, -0.15) is 0 Å². The fourth-order valence-corrected chi connectivity index (χ4v) is 3.07. The molecular formula is C16H20N2O6. The quantitative estimate of drug-likeness (QED) is 0.756. The second-order valence-corrected chi connectivity index (χ2v) is 5.92. The van der Waals surface area contributed by atoms with Gasteiger partial charge in [-0.15, -0.1) is 0 Å². The maximum absolute atomic E-state index is 11.3. The third-order valence-corrected chi connectivity index (χ3v) is 4.31. The Kier molecular flexibility index (Phi) is 4.75. The van der Waals surface area contributed by atoms with Gasteiger partial charge in [-0.25, -0.2) is 9.59 Å².